The molecule has 0 radical (unpaired) electrons. The van der Waals surface area contributed by atoms with Crippen LogP contribution >= 0.6 is 0 Å². The summed E-state index contributed by atoms with van der Waals surface area (Å²) in [4.78, 5) is 41.3. The van der Waals surface area contributed by atoms with Crippen molar-refractivity contribution in [3.63, 3.8) is 0 Å². The molecule has 1 aliphatic carbocycles. The van der Waals surface area contributed by atoms with Gasteiger partial charge >= 0.3 is 17.8 Å². The predicted octanol–water partition coefficient (Wildman–Crippen LogP) is 2.58. The lowest BCUT2D eigenvalue weighted by atomic mass is 9.85. The highest BCUT2D eigenvalue weighted by molar-refractivity contribution is 6.44. The molecule has 7 heteroatoms. The summed E-state index contributed by atoms with van der Waals surface area (Å²) in [6.45, 7) is 2.38. The third-order valence-electron chi connectivity index (χ3n) is 5.21. The number of rotatable bonds is 5. The molecule has 0 bridgehead atoms. The highest BCUT2D eigenvalue weighted by Gasteiger charge is 2.49. The summed E-state index contributed by atoms with van der Waals surface area (Å²) in [5.41, 5.74) is 0.732. The van der Waals surface area contributed by atoms with Gasteiger partial charge < -0.3 is 0 Å². The summed E-state index contributed by atoms with van der Waals surface area (Å²) in [5.74, 6) is -1.64. The summed E-state index contributed by atoms with van der Waals surface area (Å²) >= 11 is 0. The van der Waals surface area contributed by atoms with Crippen LogP contribution in [-0.2, 0) is 16.1 Å². The van der Waals surface area contributed by atoms with Gasteiger partial charge in [-0.15, -0.1) is 0 Å². The van der Waals surface area contributed by atoms with Gasteiger partial charge in [0.2, 0.25) is 0 Å². The number of carbonyl (C=O) groups is 3. The fourth-order valence-electron chi connectivity index (χ4n) is 3.86. The fourth-order valence-corrected chi connectivity index (χ4v) is 3.86. The Balaban J connectivity index is 1.69. The monoisotopic (exact) mass is 361 g/mol. The van der Waals surface area contributed by atoms with Crippen LogP contribution < -0.4 is 0 Å². The first-order chi connectivity index (χ1) is 12.4. The molecule has 0 unspecified atom stereocenters. The van der Waals surface area contributed by atoms with Crippen molar-refractivity contribution < 1.29 is 18.8 Å². The molecule has 1 aromatic carbocycles. The Morgan fingerprint density at radius 2 is 1.88 bits per heavy atom. The molecule has 2 fully saturated rings. The van der Waals surface area contributed by atoms with E-state index in [1.807, 2.05) is 6.92 Å². The van der Waals surface area contributed by atoms with E-state index in [1.54, 1.807) is 24.1 Å². The first-order valence-electron chi connectivity index (χ1n) is 9.00. The number of nitrogens with zero attached hydrogens (tertiary/aromatic N) is 3. The van der Waals surface area contributed by atoms with Crippen molar-refractivity contribution in [1.29, 1.82) is 0 Å². The summed E-state index contributed by atoms with van der Waals surface area (Å²) in [6.07, 6.45) is 3.75. The second-order valence-electron chi connectivity index (χ2n) is 7.31. The van der Waals surface area contributed by atoms with Crippen LogP contribution in [-0.4, -0.2) is 52.3 Å². The average molecular weight is 361 g/mol. The molecule has 3 rings (SSSR count). The molecule has 26 heavy (non-hydrogen) atoms. The number of hydrogen-bond donors (Lipinski definition) is 0. The van der Waals surface area contributed by atoms with Crippen molar-refractivity contribution in [2.24, 2.45) is 5.92 Å². The van der Waals surface area contributed by atoms with Gasteiger partial charge in [-0.05, 0) is 43.5 Å². The molecule has 140 valence electrons. The van der Waals surface area contributed by atoms with Gasteiger partial charge in [-0.25, -0.2) is 14.1 Å². The minimum atomic E-state index is -0.779. The summed E-state index contributed by atoms with van der Waals surface area (Å²) in [5, 5.41) is 0. The molecule has 1 saturated carbocycles. The molecule has 0 spiro atoms. The minimum Gasteiger partial charge on any atom is -0.284 e. The van der Waals surface area contributed by atoms with E-state index >= 15 is 0 Å². The fraction of sp³-hybridized carbons (Fsp3) is 0.526. The molecule has 1 aromatic rings. The lowest BCUT2D eigenvalue weighted by Gasteiger charge is -2.34. The van der Waals surface area contributed by atoms with Gasteiger partial charge in [0.25, 0.3) is 0 Å². The van der Waals surface area contributed by atoms with E-state index in [9.17, 15) is 18.8 Å². The van der Waals surface area contributed by atoms with E-state index in [0.29, 0.717) is 6.54 Å². The third kappa shape index (κ3) is 3.62. The second-order valence-corrected chi connectivity index (χ2v) is 7.31. The minimum absolute atomic E-state index is 0.00246. The van der Waals surface area contributed by atoms with Crippen molar-refractivity contribution >= 4 is 17.8 Å². The van der Waals surface area contributed by atoms with Crippen LogP contribution in [0, 0.1) is 11.7 Å². The number of benzene rings is 1. The Morgan fingerprint density at radius 3 is 2.58 bits per heavy atom. The van der Waals surface area contributed by atoms with Crippen molar-refractivity contribution in [2.75, 3.05) is 13.7 Å². The quantitative estimate of drug-likeness (QED) is 0.597. The molecule has 1 heterocycles. The van der Waals surface area contributed by atoms with Crippen molar-refractivity contribution in [1.82, 2.24) is 14.7 Å². The number of hydrogen-bond acceptors (Lipinski definition) is 4. The highest BCUT2D eigenvalue weighted by Crippen LogP contribution is 2.31. The van der Waals surface area contributed by atoms with Crippen molar-refractivity contribution in [3.8, 4) is 0 Å². The molecule has 4 amide bonds. The zero-order chi connectivity index (χ0) is 18.8. The van der Waals surface area contributed by atoms with Gasteiger partial charge in [0, 0.05) is 12.6 Å². The van der Waals surface area contributed by atoms with E-state index in [-0.39, 0.29) is 24.4 Å². The van der Waals surface area contributed by atoms with Crippen LogP contribution in [0.1, 0.15) is 38.2 Å². The van der Waals surface area contributed by atoms with Crippen LogP contribution in [0.4, 0.5) is 9.18 Å². The van der Waals surface area contributed by atoms with Crippen molar-refractivity contribution in [3.05, 3.63) is 35.6 Å². The Morgan fingerprint density at radius 1 is 1.15 bits per heavy atom. The molecule has 0 aromatic heterocycles. The van der Waals surface area contributed by atoms with E-state index in [1.165, 1.54) is 12.1 Å². The van der Waals surface area contributed by atoms with E-state index in [2.05, 4.69) is 0 Å². The Bertz CT molecular complexity index is 724. The first-order valence-corrected chi connectivity index (χ1v) is 9.00. The standard InChI is InChI=1S/C19H24FN3O3/c1-13-6-3-4-9-16(13)23-18(25)17(24)22(19(23)26)12-21(2)11-14-7-5-8-15(20)10-14/h5,7-8,10,13,16H,3-4,6,9,11-12H2,1-2H3/t13-,16-/m0/s1. The number of carbonyl (C=O) groups excluding carboxylic acids is 3. The van der Waals surface area contributed by atoms with E-state index < -0.39 is 17.8 Å². The lowest BCUT2D eigenvalue weighted by molar-refractivity contribution is -0.145. The molecule has 0 N–H and O–H groups in total. The molecule has 1 aliphatic heterocycles. The van der Waals surface area contributed by atoms with Gasteiger partial charge in [-0.3, -0.25) is 19.4 Å². The van der Waals surface area contributed by atoms with Crippen molar-refractivity contribution in [2.45, 2.75) is 45.2 Å². The van der Waals surface area contributed by atoms with E-state index in [0.717, 1.165) is 41.0 Å². The zero-order valence-corrected chi connectivity index (χ0v) is 15.2. The summed E-state index contributed by atoms with van der Waals surface area (Å²) in [7, 11) is 1.72. The van der Waals surface area contributed by atoms with Gasteiger partial charge in [-0.2, -0.15) is 0 Å². The molecular formula is C19H24FN3O3. The number of imide groups is 2. The zero-order valence-electron chi connectivity index (χ0n) is 15.2. The Labute approximate surface area is 152 Å². The van der Waals surface area contributed by atoms with Gasteiger partial charge in [0.15, 0.2) is 0 Å². The van der Waals surface area contributed by atoms with Crippen LogP contribution in [0.25, 0.3) is 0 Å². The summed E-state index contributed by atoms with van der Waals surface area (Å²) in [6, 6.07) is 5.41. The predicted molar refractivity (Wildman–Crippen MR) is 93.2 cm³/mol. The molecule has 2 atom stereocenters. The maximum absolute atomic E-state index is 13.3. The number of urea groups is 1. The normalized spacial score (nSPS) is 24.1. The summed E-state index contributed by atoms with van der Waals surface area (Å²) < 4.78 is 13.3. The second kappa shape index (κ2) is 7.53. The molecule has 2 aliphatic rings. The van der Waals surface area contributed by atoms with Gasteiger partial charge in [0.05, 0.1) is 6.67 Å². The lowest BCUT2D eigenvalue weighted by Crippen LogP contribution is -2.46. The highest BCUT2D eigenvalue weighted by atomic mass is 19.1. The van der Waals surface area contributed by atoms with Crippen LogP contribution in [0.2, 0.25) is 0 Å². The number of amides is 4. The molecular weight excluding hydrogens is 337 g/mol. The maximum Gasteiger partial charge on any atom is 0.335 e. The molecule has 6 nitrogen and oxygen atoms in total. The van der Waals surface area contributed by atoms with Crippen LogP contribution in [0.5, 0.6) is 0 Å². The molecule has 1 saturated heterocycles. The first kappa shape index (κ1) is 18.5. The van der Waals surface area contributed by atoms with Gasteiger partial charge in [-0.1, -0.05) is 31.9 Å². The topological polar surface area (TPSA) is 60.9 Å². The van der Waals surface area contributed by atoms with E-state index in [4.69, 9.17) is 0 Å². The number of halogens is 1. The SMILES string of the molecule is C[C@H]1CCCC[C@@H]1N1C(=O)C(=O)N(CN(C)Cc2cccc(F)c2)C1=O. The largest absolute Gasteiger partial charge is 0.335 e. The Kier molecular flexibility index (Phi) is 5.36. The smallest absolute Gasteiger partial charge is 0.284 e. The van der Waals surface area contributed by atoms with Crippen LogP contribution in [0.3, 0.4) is 0 Å². The Hall–Kier alpha value is -2.28. The third-order valence-corrected chi connectivity index (χ3v) is 5.21. The average Bonchev–Trinajstić information content (AvgIpc) is 2.79. The van der Waals surface area contributed by atoms with Crippen LogP contribution in [0.15, 0.2) is 24.3 Å². The van der Waals surface area contributed by atoms with Gasteiger partial charge in [0.1, 0.15) is 5.82 Å². The maximum atomic E-state index is 13.3.